The lowest BCUT2D eigenvalue weighted by Crippen LogP contribution is -2.40. The van der Waals surface area contributed by atoms with Crippen LogP contribution in [0.5, 0.6) is 5.75 Å². The van der Waals surface area contributed by atoms with E-state index in [1.807, 2.05) is 70.4 Å². The molecule has 1 atom stereocenters. The SMILES string of the molecule is COc1ccc(CN(C(=O)Cc2cnn(-c3ccccc3)c2)C(C)C2CC2)cc1. The number of hydrogen-bond donors (Lipinski definition) is 0. The standard InChI is InChI=1S/C24H27N3O2/c1-18(21-10-11-21)26(16-19-8-12-23(29-2)13-9-19)24(28)14-20-15-25-27(17-20)22-6-4-3-5-7-22/h3-9,12-13,15,17-18,21H,10-11,14,16H2,1-2H3. The van der Waals surface area contributed by atoms with Gasteiger partial charge in [-0.25, -0.2) is 4.68 Å². The Bertz CT molecular complexity index is 946. The first kappa shape index (κ1) is 19.2. The molecule has 0 aliphatic heterocycles. The highest BCUT2D eigenvalue weighted by molar-refractivity contribution is 5.79. The molecule has 0 saturated heterocycles. The summed E-state index contributed by atoms with van der Waals surface area (Å²) in [7, 11) is 1.66. The fourth-order valence-electron chi connectivity index (χ4n) is 3.67. The first-order valence-corrected chi connectivity index (χ1v) is 10.2. The molecule has 1 amide bonds. The van der Waals surface area contributed by atoms with Gasteiger partial charge in [0.2, 0.25) is 5.91 Å². The van der Waals surface area contributed by atoms with Crippen LogP contribution in [-0.4, -0.2) is 33.7 Å². The second-order valence-corrected chi connectivity index (χ2v) is 7.75. The molecule has 29 heavy (non-hydrogen) atoms. The van der Waals surface area contributed by atoms with Crippen LogP contribution in [-0.2, 0) is 17.8 Å². The molecule has 1 saturated carbocycles. The summed E-state index contributed by atoms with van der Waals surface area (Å²) < 4.78 is 7.07. The number of hydrogen-bond acceptors (Lipinski definition) is 3. The molecule has 4 rings (SSSR count). The van der Waals surface area contributed by atoms with Gasteiger partial charge in [0.15, 0.2) is 0 Å². The molecule has 1 fully saturated rings. The van der Waals surface area contributed by atoms with Crippen molar-refractivity contribution in [3.05, 3.63) is 78.1 Å². The van der Waals surface area contributed by atoms with E-state index < -0.39 is 0 Å². The van der Waals surface area contributed by atoms with Crippen molar-refractivity contribution in [3.8, 4) is 11.4 Å². The summed E-state index contributed by atoms with van der Waals surface area (Å²) >= 11 is 0. The predicted octanol–water partition coefficient (Wildman–Crippen LogP) is 4.25. The van der Waals surface area contributed by atoms with Crippen molar-refractivity contribution in [2.45, 2.75) is 38.8 Å². The Morgan fingerprint density at radius 2 is 1.86 bits per heavy atom. The van der Waals surface area contributed by atoms with Gasteiger partial charge in [0.05, 0.1) is 25.4 Å². The number of ether oxygens (including phenoxy) is 1. The van der Waals surface area contributed by atoms with E-state index in [2.05, 4.69) is 12.0 Å². The lowest BCUT2D eigenvalue weighted by Gasteiger charge is -2.29. The smallest absolute Gasteiger partial charge is 0.227 e. The molecule has 5 heteroatoms. The van der Waals surface area contributed by atoms with Crippen LogP contribution in [0.15, 0.2) is 67.0 Å². The quantitative estimate of drug-likeness (QED) is 0.579. The number of rotatable bonds is 8. The summed E-state index contributed by atoms with van der Waals surface area (Å²) in [5, 5.41) is 4.43. The van der Waals surface area contributed by atoms with Crippen LogP contribution in [0.4, 0.5) is 0 Å². The van der Waals surface area contributed by atoms with Gasteiger partial charge in [-0.2, -0.15) is 5.10 Å². The molecular formula is C24H27N3O2. The molecule has 150 valence electrons. The number of methoxy groups -OCH3 is 1. The second kappa shape index (κ2) is 8.52. The maximum Gasteiger partial charge on any atom is 0.227 e. The lowest BCUT2D eigenvalue weighted by atomic mass is 10.1. The van der Waals surface area contributed by atoms with E-state index in [0.717, 1.165) is 22.6 Å². The lowest BCUT2D eigenvalue weighted by molar-refractivity contribution is -0.133. The minimum atomic E-state index is 0.146. The van der Waals surface area contributed by atoms with Gasteiger partial charge in [-0.15, -0.1) is 0 Å². The molecule has 0 N–H and O–H groups in total. The highest BCUT2D eigenvalue weighted by Gasteiger charge is 2.34. The average molecular weight is 389 g/mol. The predicted molar refractivity (Wildman–Crippen MR) is 113 cm³/mol. The maximum atomic E-state index is 13.2. The van der Waals surface area contributed by atoms with Crippen molar-refractivity contribution < 1.29 is 9.53 Å². The Morgan fingerprint density at radius 3 is 2.52 bits per heavy atom. The number of carbonyl (C=O) groups excluding carboxylic acids is 1. The molecule has 1 aliphatic carbocycles. The molecule has 1 unspecified atom stereocenters. The Balaban J connectivity index is 1.48. The number of nitrogens with zero attached hydrogens (tertiary/aromatic N) is 3. The fourth-order valence-corrected chi connectivity index (χ4v) is 3.67. The highest BCUT2D eigenvalue weighted by Crippen LogP contribution is 2.36. The van der Waals surface area contributed by atoms with Gasteiger partial charge in [0.1, 0.15) is 5.75 Å². The monoisotopic (exact) mass is 389 g/mol. The van der Waals surface area contributed by atoms with Crippen LogP contribution in [0.2, 0.25) is 0 Å². The van der Waals surface area contributed by atoms with Gasteiger partial charge in [0.25, 0.3) is 0 Å². The van der Waals surface area contributed by atoms with Gasteiger partial charge >= 0.3 is 0 Å². The van der Waals surface area contributed by atoms with Gasteiger partial charge < -0.3 is 9.64 Å². The van der Waals surface area contributed by atoms with E-state index in [1.165, 1.54) is 12.8 Å². The van der Waals surface area contributed by atoms with Crippen LogP contribution in [0, 0.1) is 5.92 Å². The van der Waals surface area contributed by atoms with Crippen molar-refractivity contribution in [2.24, 2.45) is 5.92 Å². The van der Waals surface area contributed by atoms with E-state index in [0.29, 0.717) is 18.9 Å². The van der Waals surface area contributed by atoms with E-state index in [4.69, 9.17) is 4.74 Å². The molecular weight excluding hydrogens is 362 g/mol. The zero-order chi connectivity index (χ0) is 20.2. The Kier molecular flexibility index (Phi) is 5.65. The zero-order valence-corrected chi connectivity index (χ0v) is 17.0. The molecule has 0 bridgehead atoms. The first-order valence-electron chi connectivity index (χ1n) is 10.2. The summed E-state index contributed by atoms with van der Waals surface area (Å²) in [6.07, 6.45) is 6.51. The number of carbonyl (C=O) groups is 1. The highest BCUT2D eigenvalue weighted by atomic mass is 16.5. The largest absolute Gasteiger partial charge is 0.497 e. The number of benzene rings is 2. The minimum Gasteiger partial charge on any atom is -0.497 e. The van der Waals surface area contributed by atoms with Crippen molar-refractivity contribution in [2.75, 3.05) is 7.11 Å². The summed E-state index contributed by atoms with van der Waals surface area (Å²) in [6, 6.07) is 18.2. The van der Waals surface area contributed by atoms with E-state index in [9.17, 15) is 4.79 Å². The normalized spacial score (nSPS) is 14.4. The average Bonchev–Trinajstić information content (AvgIpc) is 3.51. The van der Waals surface area contributed by atoms with Gasteiger partial charge in [-0.1, -0.05) is 30.3 Å². The van der Waals surface area contributed by atoms with E-state index in [1.54, 1.807) is 13.3 Å². The molecule has 1 aromatic heterocycles. The topological polar surface area (TPSA) is 47.4 Å². The zero-order valence-electron chi connectivity index (χ0n) is 17.0. The molecule has 1 aliphatic rings. The van der Waals surface area contributed by atoms with Gasteiger partial charge in [0, 0.05) is 18.8 Å². The van der Waals surface area contributed by atoms with Crippen molar-refractivity contribution in [1.82, 2.24) is 14.7 Å². The van der Waals surface area contributed by atoms with Gasteiger partial charge in [-0.05, 0) is 61.1 Å². The fraction of sp³-hybridized carbons (Fsp3) is 0.333. The molecule has 0 spiro atoms. The van der Waals surface area contributed by atoms with Crippen molar-refractivity contribution in [3.63, 3.8) is 0 Å². The Morgan fingerprint density at radius 1 is 1.14 bits per heavy atom. The van der Waals surface area contributed by atoms with Crippen molar-refractivity contribution >= 4 is 5.91 Å². The third-order valence-electron chi connectivity index (χ3n) is 5.64. The summed E-state index contributed by atoms with van der Waals surface area (Å²) in [4.78, 5) is 15.3. The Hall–Kier alpha value is -3.08. The maximum absolute atomic E-state index is 13.2. The number of amides is 1. The summed E-state index contributed by atoms with van der Waals surface area (Å²) in [5.41, 5.74) is 3.04. The minimum absolute atomic E-state index is 0.146. The van der Waals surface area contributed by atoms with Crippen LogP contribution in [0.25, 0.3) is 5.69 Å². The van der Waals surface area contributed by atoms with Crippen LogP contribution in [0.1, 0.15) is 30.9 Å². The van der Waals surface area contributed by atoms with E-state index in [-0.39, 0.29) is 11.9 Å². The first-order chi connectivity index (χ1) is 14.1. The molecule has 1 heterocycles. The van der Waals surface area contributed by atoms with Crippen molar-refractivity contribution in [1.29, 1.82) is 0 Å². The summed E-state index contributed by atoms with van der Waals surface area (Å²) in [6.45, 7) is 2.79. The molecule has 5 nitrogen and oxygen atoms in total. The molecule has 2 aromatic carbocycles. The third-order valence-corrected chi connectivity index (χ3v) is 5.64. The van der Waals surface area contributed by atoms with E-state index >= 15 is 0 Å². The number of para-hydroxylation sites is 1. The molecule has 3 aromatic rings. The third kappa shape index (κ3) is 4.67. The van der Waals surface area contributed by atoms with Crippen LogP contribution in [0.3, 0.4) is 0 Å². The Labute approximate surface area is 171 Å². The van der Waals surface area contributed by atoms with Gasteiger partial charge in [-0.3, -0.25) is 4.79 Å². The van der Waals surface area contributed by atoms with Crippen LogP contribution >= 0.6 is 0 Å². The molecule has 0 radical (unpaired) electrons. The van der Waals surface area contributed by atoms with Crippen LogP contribution < -0.4 is 4.74 Å². The second-order valence-electron chi connectivity index (χ2n) is 7.75. The summed E-state index contributed by atoms with van der Waals surface area (Å²) in [5.74, 6) is 1.59. The number of aromatic nitrogens is 2.